The summed E-state index contributed by atoms with van der Waals surface area (Å²) in [6, 6.07) is 3.36. The van der Waals surface area contributed by atoms with Crippen molar-refractivity contribution in [2.75, 3.05) is 25.1 Å². The fraction of sp³-hybridized carbons (Fsp3) is 0.444. The van der Waals surface area contributed by atoms with Crippen LogP contribution in [0.4, 0.5) is 5.69 Å². The van der Waals surface area contributed by atoms with Gasteiger partial charge in [-0.2, -0.15) is 0 Å². The van der Waals surface area contributed by atoms with E-state index in [1.165, 1.54) is 10.5 Å². The zero-order valence-electron chi connectivity index (χ0n) is 14.5. The summed E-state index contributed by atoms with van der Waals surface area (Å²) in [6.07, 6.45) is 4.21. The highest BCUT2D eigenvalue weighted by Gasteiger charge is 2.24. The van der Waals surface area contributed by atoms with Crippen molar-refractivity contribution >= 4 is 17.2 Å². The van der Waals surface area contributed by atoms with Crippen LogP contribution in [0.2, 0.25) is 0 Å². The molecule has 0 aliphatic carbocycles. The number of hydrogen-bond donors (Lipinski definition) is 2. The lowest BCUT2D eigenvalue weighted by Crippen LogP contribution is -2.43. The van der Waals surface area contributed by atoms with Gasteiger partial charge in [-0.3, -0.25) is 9.20 Å². The molecule has 1 saturated heterocycles. The lowest BCUT2D eigenvalue weighted by Gasteiger charge is -2.34. The molecular formula is C18H23N3O4. The molecule has 0 radical (unpaired) electrons. The van der Waals surface area contributed by atoms with Crippen LogP contribution in [0.3, 0.4) is 0 Å². The number of piperidine rings is 1. The zero-order valence-corrected chi connectivity index (χ0v) is 14.5. The van der Waals surface area contributed by atoms with E-state index in [0.29, 0.717) is 17.7 Å². The molecule has 0 spiro atoms. The summed E-state index contributed by atoms with van der Waals surface area (Å²) in [6.45, 7) is 3.53. The van der Waals surface area contributed by atoms with E-state index in [9.17, 15) is 14.7 Å². The second-order valence-electron chi connectivity index (χ2n) is 6.35. The standard InChI is InChI=1S/C18H23N3O4/c1-3-11-9-13(18(23)24)17(22)21-8-6-14(16(25-2)15(11)21)20-7-4-5-12(19)10-20/h6,8-9,12H,3-5,7,10,19H2,1-2H3,(H,23,24)/t12-/m0/s1. The van der Waals surface area contributed by atoms with Crippen LogP contribution < -0.4 is 20.9 Å². The molecule has 3 rings (SSSR count). The first-order valence-corrected chi connectivity index (χ1v) is 8.47. The third kappa shape index (κ3) is 2.95. The minimum Gasteiger partial charge on any atom is -0.492 e. The maximum absolute atomic E-state index is 12.5. The van der Waals surface area contributed by atoms with Crippen molar-refractivity contribution in [2.45, 2.75) is 32.2 Å². The lowest BCUT2D eigenvalue weighted by atomic mass is 10.0. The van der Waals surface area contributed by atoms with Crippen molar-refractivity contribution in [3.8, 4) is 5.75 Å². The Morgan fingerprint density at radius 3 is 2.84 bits per heavy atom. The van der Waals surface area contributed by atoms with Crippen LogP contribution in [-0.2, 0) is 6.42 Å². The molecule has 1 atom stereocenters. The average Bonchev–Trinajstić information content (AvgIpc) is 2.60. The number of carboxylic acids is 1. The molecule has 3 N–H and O–H groups in total. The molecule has 1 aliphatic heterocycles. The van der Waals surface area contributed by atoms with Gasteiger partial charge in [-0.05, 0) is 37.0 Å². The number of rotatable bonds is 4. The van der Waals surface area contributed by atoms with Crippen molar-refractivity contribution in [3.05, 3.63) is 39.8 Å². The maximum Gasteiger partial charge on any atom is 0.341 e. The molecule has 0 unspecified atom stereocenters. The Kier molecular flexibility index (Phi) is 4.67. The van der Waals surface area contributed by atoms with Gasteiger partial charge in [0.05, 0.1) is 18.3 Å². The van der Waals surface area contributed by atoms with Crippen LogP contribution in [0.25, 0.3) is 5.52 Å². The highest BCUT2D eigenvalue weighted by Crippen LogP contribution is 2.35. The second-order valence-corrected chi connectivity index (χ2v) is 6.35. The van der Waals surface area contributed by atoms with Crippen molar-refractivity contribution in [1.29, 1.82) is 0 Å². The number of ether oxygens (including phenoxy) is 1. The van der Waals surface area contributed by atoms with Crippen molar-refractivity contribution in [1.82, 2.24) is 4.40 Å². The van der Waals surface area contributed by atoms with Gasteiger partial charge < -0.3 is 20.5 Å². The molecule has 2 aromatic heterocycles. The number of anilines is 1. The number of aromatic carboxylic acids is 1. The van der Waals surface area contributed by atoms with E-state index in [4.69, 9.17) is 10.5 Å². The van der Waals surface area contributed by atoms with Crippen molar-refractivity contribution < 1.29 is 14.6 Å². The maximum atomic E-state index is 12.5. The molecule has 0 aromatic carbocycles. The molecule has 25 heavy (non-hydrogen) atoms. The lowest BCUT2D eigenvalue weighted by molar-refractivity contribution is 0.0694. The van der Waals surface area contributed by atoms with Crippen LogP contribution in [0.5, 0.6) is 5.75 Å². The Bertz CT molecular complexity index is 875. The van der Waals surface area contributed by atoms with Gasteiger partial charge in [-0.15, -0.1) is 0 Å². The van der Waals surface area contributed by atoms with Gasteiger partial charge in [0, 0.05) is 25.3 Å². The topological polar surface area (TPSA) is 97.3 Å². The summed E-state index contributed by atoms with van der Waals surface area (Å²) in [5.74, 6) is -0.637. The third-order valence-corrected chi connectivity index (χ3v) is 4.76. The smallest absolute Gasteiger partial charge is 0.341 e. The van der Waals surface area contributed by atoms with Gasteiger partial charge in [0.25, 0.3) is 5.56 Å². The fourth-order valence-corrected chi connectivity index (χ4v) is 3.53. The summed E-state index contributed by atoms with van der Waals surface area (Å²) < 4.78 is 7.02. The molecule has 2 aromatic rings. The molecule has 1 aliphatic rings. The first-order valence-electron chi connectivity index (χ1n) is 8.47. The molecule has 134 valence electrons. The Hall–Kier alpha value is -2.54. The van der Waals surface area contributed by atoms with Gasteiger partial charge in [0.15, 0.2) is 5.75 Å². The van der Waals surface area contributed by atoms with E-state index >= 15 is 0 Å². The van der Waals surface area contributed by atoms with Gasteiger partial charge in [0.1, 0.15) is 5.56 Å². The summed E-state index contributed by atoms with van der Waals surface area (Å²) in [7, 11) is 1.57. The molecular weight excluding hydrogens is 322 g/mol. The minimum absolute atomic E-state index is 0.108. The predicted molar refractivity (Wildman–Crippen MR) is 96.0 cm³/mol. The number of hydrogen-bond acceptors (Lipinski definition) is 5. The van der Waals surface area contributed by atoms with E-state index in [-0.39, 0.29) is 11.6 Å². The number of methoxy groups -OCH3 is 1. The number of nitrogens with zero attached hydrogens (tertiary/aromatic N) is 2. The van der Waals surface area contributed by atoms with Crippen molar-refractivity contribution in [2.24, 2.45) is 5.73 Å². The molecule has 0 amide bonds. The highest BCUT2D eigenvalue weighted by molar-refractivity contribution is 5.89. The quantitative estimate of drug-likeness (QED) is 0.871. The molecule has 0 bridgehead atoms. The Morgan fingerprint density at radius 1 is 1.48 bits per heavy atom. The molecule has 7 nitrogen and oxygen atoms in total. The first kappa shape index (κ1) is 17.3. The Morgan fingerprint density at radius 2 is 2.24 bits per heavy atom. The predicted octanol–water partition coefficient (Wildman–Crippen LogP) is 1.50. The summed E-state index contributed by atoms with van der Waals surface area (Å²) in [5, 5.41) is 9.29. The number of pyridine rings is 2. The fourth-order valence-electron chi connectivity index (χ4n) is 3.53. The summed E-state index contributed by atoms with van der Waals surface area (Å²) in [5.41, 5.74) is 7.58. The molecule has 3 heterocycles. The third-order valence-electron chi connectivity index (χ3n) is 4.76. The zero-order chi connectivity index (χ0) is 18.1. The van der Waals surface area contributed by atoms with Gasteiger partial charge in [-0.25, -0.2) is 4.79 Å². The summed E-state index contributed by atoms with van der Waals surface area (Å²) in [4.78, 5) is 26.1. The number of carbonyl (C=O) groups is 1. The number of nitrogens with two attached hydrogens (primary N) is 1. The number of fused-ring (bicyclic) bond motifs is 1. The van der Waals surface area contributed by atoms with Gasteiger partial charge in [-0.1, -0.05) is 6.92 Å². The van der Waals surface area contributed by atoms with E-state index in [1.54, 1.807) is 19.4 Å². The van der Waals surface area contributed by atoms with Gasteiger partial charge >= 0.3 is 5.97 Å². The normalized spacial score (nSPS) is 17.7. The van der Waals surface area contributed by atoms with Crippen LogP contribution >= 0.6 is 0 Å². The number of aryl methyl sites for hydroxylation is 1. The average molecular weight is 345 g/mol. The Labute approximate surface area is 145 Å². The van der Waals surface area contributed by atoms with E-state index in [2.05, 4.69) is 4.90 Å². The minimum atomic E-state index is -1.22. The first-order chi connectivity index (χ1) is 12.0. The van der Waals surface area contributed by atoms with Crippen molar-refractivity contribution in [3.63, 3.8) is 0 Å². The van der Waals surface area contributed by atoms with Crippen LogP contribution in [0.15, 0.2) is 23.1 Å². The van der Waals surface area contributed by atoms with Gasteiger partial charge in [0.2, 0.25) is 0 Å². The second kappa shape index (κ2) is 6.76. The molecule has 7 heteroatoms. The summed E-state index contributed by atoms with van der Waals surface area (Å²) >= 11 is 0. The van der Waals surface area contributed by atoms with E-state index in [1.807, 2.05) is 6.92 Å². The number of carboxylic acid groups (broad SMARTS) is 1. The van der Waals surface area contributed by atoms with Crippen LogP contribution in [0.1, 0.15) is 35.7 Å². The van der Waals surface area contributed by atoms with E-state index < -0.39 is 11.5 Å². The number of aromatic nitrogens is 1. The molecule has 0 saturated carbocycles. The Balaban J connectivity index is 2.28. The van der Waals surface area contributed by atoms with E-state index in [0.717, 1.165) is 37.2 Å². The monoisotopic (exact) mass is 345 g/mol. The van der Waals surface area contributed by atoms with Crippen LogP contribution in [0, 0.1) is 0 Å². The van der Waals surface area contributed by atoms with Crippen LogP contribution in [-0.4, -0.2) is 41.7 Å². The molecule has 1 fully saturated rings. The highest BCUT2D eigenvalue weighted by atomic mass is 16.5. The largest absolute Gasteiger partial charge is 0.492 e. The SMILES string of the molecule is CCc1cc(C(=O)O)c(=O)n2ccc(N3CCC[C@H](N)C3)c(OC)c12.